The van der Waals surface area contributed by atoms with Gasteiger partial charge in [-0.05, 0) is 107 Å². The molecule has 0 radical (unpaired) electrons. The van der Waals surface area contributed by atoms with Crippen LogP contribution in [0.4, 0.5) is 5.69 Å². The van der Waals surface area contributed by atoms with Gasteiger partial charge in [-0.1, -0.05) is 0 Å². The van der Waals surface area contributed by atoms with Crippen molar-refractivity contribution in [2.75, 3.05) is 5.32 Å². The van der Waals surface area contributed by atoms with Crippen molar-refractivity contribution >= 4 is 73.5 Å². The number of halogens is 3. The molecule has 0 heterocycles. The van der Waals surface area contributed by atoms with Gasteiger partial charge in [0, 0.05) is 16.8 Å². The van der Waals surface area contributed by atoms with Gasteiger partial charge in [-0.2, -0.15) is 0 Å². The molecule has 0 atom stereocenters. The monoisotopic (exact) mass is 541 g/mol. The van der Waals surface area contributed by atoms with Gasteiger partial charge in [0.2, 0.25) is 0 Å². The molecule has 0 unspecified atom stereocenters. The summed E-state index contributed by atoms with van der Waals surface area (Å²) in [7, 11) is 0. The third-order valence-corrected chi connectivity index (χ3v) is 6.50. The van der Waals surface area contributed by atoms with E-state index in [0.717, 1.165) is 0 Å². The van der Waals surface area contributed by atoms with Crippen LogP contribution in [0.2, 0.25) is 0 Å². The molecule has 1 aromatic carbocycles. The first-order chi connectivity index (χ1) is 6.86. The molecule has 0 aliphatic carbocycles. The number of anilines is 1. The third kappa shape index (κ3) is 3.11. The quantitative estimate of drug-likeness (QED) is 0.524. The van der Waals surface area contributed by atoms with Crippen LogP contribution in [0.3, 0.4) is 0 Å². The Morgan fingerprint density at radius 1 is 0.867 bits per heavy atom. The van der Waals surface area contributed by atoms with Crippen LogP contribution < -0.4 is 5.32 Å². The predicted octanol–water partition coefficient (Wildman–Crippen LogP) is 4.94. The van der Waals surface area contributed by atoms with E-state index in [1.54, 1.807) is 0 Å². The van der Waals surface area contributed by atoms with Crippen molar-refractivity contribution in [1.82, 2.24) is 0 Å². The van der Waals surface area contributed by atoms with Gasteiger partial charge in [-0.3, -0.25) is 0 Å². The zero-order valence-corrected chi connectivity index (χ0v) is 15.7. The summed E-state index contributed by atoms with van der Waals surface area (Å²) in [5, 5.41) is 3.53. The molecule has 1 aromatic rings. The van der Waals surface area contributed by atoms with Crippen LogP contribution in [0.1, 0.15) is 25.0 Å². The number of rotatable bonds is 2. The van der Waals surface area contributed by atoms with Gasteiger partial charge in [0.1, 0.15) is 0 Å². The second-order valence-electron chi connectivity index (χ2n) is 3.87. The van der Waals surface area contributed by atoms with Gasteiger partial charge in [0.05, 0.1) is 5.69 Å². The van der Waals surface area contributed by atoms with Crippen molar-refractivity contribution in [3.05, 3.63) is 21.8 Å². The molecule has 0 saturated heterocycles. The first kappa shape index (κ1) is 14.3. The second-order valence-corrected chi connectivity index (χ2v) is 7.10. The van der Waals surface area contributed by atoms with Gasteiger partial charge >= 0.3 is 0 Å². The van der Waals surface area contributed by atoms with Crippen molar-refractivity contribution in [3.63, 3.8) is 0 Å². The Kier molecular flexibility index (Phi) is 5.42. The van der Waals surface area contributed by atoms with E-state index in [0.29, 0.717) is 6.04 Å². The Bertz CT molecular complexity index is 357. The van der Waals surface area contributed by atoms with E-state index in [4.69, 9.17) is 0 Å². The first-order valence-electron chi connectivity index (χ1n) is 4.76. The van der Waals surface area contributed by atoms with E-state index in [9.17, 15) is 0 Å². The van der Waals surface area contributed by atoms with Crippen LogP contribution >= 0.6 is 67.8 Å². The molecule has 0 spiro atoms. The molecule has 1 rings (SSSR count). The number of nitrogens with one attached hydrogen (secondary N) is 1. The normalized spacial score (nSPS) is 10.9. The van der Waals surface area contributed by atoms with E-state index < -0.39 is 0 Å². The molecule has 0 aromatic heterocycles. The van der Waals surface area contributed by atoms with Gasteiger partial charge in [0.15, 0.2) is 0 Å². The Morgan fingerprint density at radius 2 is 1.27 bits per heavy atom. The van der Waals surface area contributed by atoms with E-state index >= 15 is 0 Å². The maximum absolute atomic E-state index is 3.53. The molecular weight excluding hydrogens is 527 g/mol. The fourth-order valence-electron chi connectivity index (χ4n) is 1.36. The number of hydrogen-bond donors (Lipinski definition) is 1. The fraction of sp³-hybridized carbons (Fsp3) is 0.455. The number of benzene rings is 1. The molecule has 15 heavy (non-hydrogen) atoms. The van der Waals surface area contributed by atoms with Crippen LogP contribution in [-0.2, 0) is 0 Å². The van der Waals surface area contributed by atoms with Crippen LogP contribution in [0, 0.1) is 24.6 Å². The van der Waals surface area contributed by atoms with Crippen molar-refractivity contribution in [2.45, 2.75) is 33.7 Å². The van der Waals surface area contributed by atoms with E-state index in [1.165, 1.54) is 27.5 Å². The van der Waals surface area contributed by atoms with Gasteiger partial charge < -0.3 is 5.32 Å². The standard InChI is InChI=1S/C11H14I3N/c1-5(2)15-11-9(13)6(3)8(12)7(4)10(11)14/h5,15H,1-4H3. The first-order valence-corrected chi connectivity index (χ1v) is 8.00. The summed E-state index contributed by atoms with van der Waals surface area (Å²) in [6.07, 6.45) is 0. The summed E-state index contributed by atoms with van der Waals surface area (Å²) in [6.45, 7) is 8.74. The molecule has 1 N–H and O–H groups in total. The molecule has 0 aliphatic heterocycles. The Labute approximate surface area is 133 Å². The highest BCUT2D eigenvalue weighted by molar-refractivity contribution is 14.1. The highest BCUT2D eigenvalue weighted by atomic mass is 127. The lowest BCUT2D eigenvalue weighted by molar-refractivity contribution is 0.895. The zero-order valence-electron chi connectivity index (χ0n) is 9.21. The van der Waals surface area contributed by atoms with Crippen molar-refractivity contribution in [2.24, 2.45) is 0 Å². The molecule has 4 heteroatoms. The highest BCUT2D eigenvalue weighted by Crippen LogP contribution is 2.34. The summed E-state index contributed by atoms with van der Waals surface area (Å²) in [4.78, 5) is 0. The molecule has 0 aliphatic rings. The van der Waals surface area contributed by atoms with E-state index in [-0.39, 0.29) is 0 Å². The van der Waals surface area contributed by atoms with Crippen molar-refractivity contribution in [3.8, 4) is 0 Å². The molecule has 1 nitrogen and oxygen atoms in total. The van der Waals surface area contributed by atoms with Crippen molar-refractivity contribution in [1.29, 1.82) is 0 Å². The minimum absolute atomic E-state index is 0.478. The maximum atomic E-state index is 3.53. The van der Waals surface area contributed by atoms with Crippen LogP contribution in [0.5, 0.6) is 0 Å². The summed E-state index contributed by atoms with van der Waals surface area (Å²) in [5.74, 6) is 0. The van der Waals surface area contributed by atoms with Crippen LogP contribution in [0.15, 0.2) is 0 Å². The third-order valence-electron chi connectivity index (χ3n) is 2.19. The lowest BCUT2D eigenvalue weighted by Gasteiger charge is -2.19. The molecule has 0 bridgehead atoms. The summed E-state index contributed by atoms with van der Waals surface area (Å²) in [5.41, 5.74) is 4.07. The summed E-state index contributed by atoms with van der Waals surface area (Å²) >= 11 is 7.30. The highest BCUT2D eigenvalue weighted by Gasteiger charge is 2.15. The van der Waals surface area contributed by atoms with Crippen LogP contribution in [-0.4, -0.2) is 6.04 Å². The van der Waals surface area contributed by atoms with Crippen LogP contribution in [0.25, 0.3) is 0 Å². The average molecular weight is 541 g/mol. The topological polar surface area (TPSA) is 12.0 Å². The molecule has 0 amide bonds. The Balaban J connectivity index is 3.39. The Hall–Kier alpha value is 1.21. The summed E-state index contributed by atoms with van der Waals surface area (Å²) in [6, 6.07) is 0.478. The zero-order chi connectivity index (χ0) is 11.7. The molecular formula is C11H14I3N. The molecule has 84 valence electrons. The average Bonchev–Trinajstić information content (AvgIpc) is 2.18. The largest absolute Gasteiger partial charge is 0.381 e. The van der Waals surface area contributed by atoms with Gasteiger partial charge in [-0.25, -0.2) is 0 Å². The van der Waals surface area contributed by atoms with E-state index in [2.05, 4.69) is 101 Å². The molecule has 0 saturated carbocycles. The van der Waals surface area contributed by atoms with Crippen molar-refractivity contribution < 1.29 is 0 Å². The predicted molar refractivity (Wildman–Crippen MR) is 92.8 cm³/mol. The minimum atomic E-state index is 0.478. The smallest absolute Gasteiger partial charge is 0.0619 e. The lowest BCUT2D eigenvalue weighted by Crippen LogP contribution is -2.14. The SMILES string of the molecule is Cc1c(I)c(C)c(I)c(NC(C)C)c1I. The fourth-order valence-corrected chi connectivity index (χ4v) is 4.84. The lowest BCUT2D eigenvalue weighted by atomic mass is 10.1. The second kappa shape index (κ2) is 5.70. The van der Waals surface area contributed by atoms with E-state index in [1.807, 2.05) is 0 Å². The number of hydrogen-bond acceptors (Lipinski definition) is 1. The van der Waals surface area contributed by atoms with Gasteiger partial charge in [0.25, 0.3) is 0 Å². The van der Waals surface area contributed by atoms with Gasteiger partial charge in [-0.15, -0.1) is 0 Å². The molecule has 0 fully saturated rings. The minimum Gasteiger partial charge on any atom is -0.381 e. The Morgan fingerprint density at radius 3 is 1.60 bits per heavy atom. The summed E-state index contributed by atoms with van der Waals surface area (Å²) < 4.78 is 4.08. The maximum Gasteiger partial charge on any atom is 0.0619 e.